The van der Waals surface area contributed by atoms with Crippen molar-refractivity contribution >= 4 is 13.6 Å². The summed E-state index contributed by atoms with van der Waals surface area (Å²) in [6, 6.07) is 0. The van der Waals surface area contributed by atoms with Crippen molar-refractivity contribution in [3.05, 3.63) is 0 Å². The number of rotatable bonds is 3. The van der Waals surface area contributed by atoms with Crippen LogP contribution in [0.25, 0.3) is 0 Å². The van der Waals surface area contributed by atoms with Crippen LogP contribution in [0.1, 0.15) is 13.3 Å². The predicted octanol–water partition coefficient (Wildman–Crippen LogP) is 0.0273. The van der Waals surface area contributed by atoms with E-state index in [1.165, 1.54) is 6.92 Å². The second kappa shape index (κ2) is 3.14. The number of carboxylic acid groups (broad SMARTS) is 1. The van der Waals surface area contributed by atoms with E-state index in [9.17, 15) is 9.36 Å². The molecule has 0 aromatic rings. The Morgan fingerprint density at radius 1 is 1.60 bits per heavy atom. The van der Waals surface area contributed by atoms with Crippen LogP contribution in [-0.4, -0.2) is 26.5 Å². The maximum absolute atomic E-state index is 10.3. The Hall–Kier alpha value is -0.380. The summed E-state index contributed by atoms with van der Waals surface area (Å²) in [7, 11) is -4.43. The van der Waals surface area contributed by atoms with Crippen molar-refractivity contribution in [2.24, 2.45) is 0 Å². The SMILES string of the molecule is CCC(C(=O)O)P(=O)(O)O. The minimum atomic E-state index is -4.43. The molecule has 0 fully saturated rings. The number of hydrogen-bond donors (Lipinski definition) is 3. The third-order valence-corrected chi connectivity index (χ3v) is 2.48. The van der Waals surface area contributed by atoms with Gasteiger partial charge in [0.25, 0.3) is 0 Å². The molecule has 3 N–H and O–H groups in total. The second-order valence-corrected chi connectivity index (χ2v) is 3.65. The fourth-order valence-electron chi connectivity index (χ4n) is 0.556. The van der Waals surface area contributed by atoms with Crippen molar-refractivity contribution in [2.75, 3.05) is 0 Å². The largest absolute Gasteiger partial charge is 0.481 e. The Morgan fingerprint density at radius 3 is 2.00 bits per heavy atom. The Morgan fingerprint density at radius 2 is 2.00 bits per heavy atom. The summed E-state index contributed by atoms with van der Waals surface area (Å²) in [4.78, 5) is 26.8. The summed E-state index contributed by atoms with van der Waals surface area (Å²) in [5.41, 5.74) is -1.55. The average Bonchev–Trinajstić information content (AvgIpc) is 1.60. The van der Waals surface area contributed by atoms with Gasteiger partial charge in [-0.25, -0.2) is 0 Å². The summed E-state index contributed by atoms with van der Waals surface area (Å²) >= 11 is 0. The van der Waals surface area contributed by atoms with E-state index in [4.69, 9.17) is 14.9 Å². The Kier molecular flexibility index (Phi) is 3.02. The van der Waals surface area contributed by atoms with Crippen molar-refractivity contribution in [1.29, 1.82) is 0 Å². The molecule has 0 saturated carbocycles. The fraction of sp³-hybridized carbons (Fsp3) is 0.750. The molecule has 0 saturated heterocycles. The van der Waals surface area contributed by atoms with E-state index in [-0.39, 0.29) is 6.42 Å². The number of carboxylic acids is 1. The van der Waals surface area contributed by atoms with Gasteiger partial charge in [0.15, 0.2) is 5.66 Å². The van der Waals surface area contributed by atoms with Gasteiger partial charge in [-0.05, 0) is 6.42 Å². The van der Waals surface area contributed by atoms with Gasteiger partial charge in [0.2, 0.25) is 0 Å². The van der Waals surface area contributed by atoms with Crippen LogP contribution < -0.4 is 0 Å². The Bertz CT molecular complexity index is 170. The Labute approximate surface area is 57.8 Å². The van der Waals surface area contributed by atoms with Crippen LogP contribution in [0.4, 0.5) is 0 Å². The summed E-state index contributed by atoms with van der Waals surface area (Å²) < 4.78 is 10.3. The van der Waals surface area contributed by atoms with Crippen molar-refractivity contribution in [3.8, 4) is 0 Å². The zero-order valence-corrected chi connectivity index (χ0v) is 6.28. The molecular weight excluding hydrogens is 159 g/mol. The first-order valence-corrected chi connectivity index (χ1v) is 4.35. The quantitative estimate of drug-likeness (QED) is 0.516. The highest BCUT2D eigenvalue weighted by Crippen LogP contribution is 2.42. The average molecular weight is 168 g/mol. The summed E-state index contributed by atoms with van der Waals surface area (Å²) in [5, 5.41) is 8.22. The van der Waals surface area contributed by atoms with Crippen LogP contribution in [0.5, 0.6) is 0 Å². The number of hydrogen-bond acceptors (Lipinski definition) is 2. The van der Waals surface area contributed by atoms with E-state index >= 15 is 0 Å². The lowest BCUT2D eigenvalue weighted by Crippen LogP contribution is -2.18. The van der Waals surface area contributed by atoms with Gasteiger partial charge in [-0.15, -0.1) is 0 Å². The highest BCUT2D eigenvalue weighted by atomic mass is 31.2. The Balaban J connectivity index is 4.38. The lowest BCUT2D eigenvalue weighted by Gasteiger charge is -2.10. The van der Waals surface area contributed by atoms with Crippen LogP contribution in [-0.2, 0) is 9.36 Å². The topological polar surface area (TPSA) is 94.8 Å². The third-order valence-electron chi connectivity index (χ3n) is 1.08. The lowest BCUT2D eigenvalue weighted by molar-refractivity contribution is -0.136. The van der Waals surface area contributed by atoms with Gasteiger partial charge >= 0.3 is 13.6 Å². The molecule has 0 heterocycles. The minimum absolute atomic E-state index is 0.0559. The second-order valence-electron chi connectivity index (χ2n) is 1.85. The molecule has 0 bridgehead atoms. The monoisotopic (exact) mass is 168 g/mol. The van der Waals surface area contributed by atoms with Gasteiger partial charge in [0, 0.05) is 0 Å². The lowest BCUT2D eigenvalue weighted by atomic mass is 10.3. The van der Waals surface area contributed by atoms with Gasteiger partial charge in [-0.1, -0.05) is 6.92 Å². The minimum Gasteiger partial charge on any atom is -0.481 e. The molecule has 0 radical (unpaired) electrons. The molecule has 1 atom stereocenters. The summed E-state index contributed by atoms with van der Waals surface area (Å²) in [6.07, 6.45) is -0.0559. The number of carbonyl (C=O) groups is 1. The molecule has 10 heavy (non-hydrogen) atoms. The first-order chi connectivity index (χ1) is 4.39. The van der Waals surface area contributed by atoms with Gasteiger partial charge < -0.3 is 14.9 Å². The van der Waals surface area contributed by atoms with Gasteiger partial charge in [-0.2, -0.15) is 0 Å². The molecule has 0 aromatic carbocycles. The smallest absolute Gasteiger partial charge is 0.339 e. The van der Waals surface area contributed by atoms with Crippen LogP contribution in [0.15, 0.2) is 0 Å². The number of aliphatic carboxylic acids is 1. The molecule has 0 aliphatic carbocycles. The third kappa shape index (κ3) is 2.47. The molecule has 0 rings (SSSR count). The normalized spacial score (nSPS) is 14.7. The van der Waals surface area contributed by atoms with Crippen molar-refractivity contribution in [3.63, 3.8) is 0 Å². The predicted molar refractivity (Wildman–Crippen MR) is 33.8 cm³/mol. The zero-order chi connectivity index (χ0) is 8.36. The molecule has 0 aliphatic heterocycles. The maximum atomic E-state index is 10.3. The molecular formula is C4H9O5P. The fourth-order valence-corrected chi connectivity index (χ4v) is 1.32. The highest BCUT2D eigenvalue weighted by molar-refractivity contribution is 7.53. The van der Waals surface area contributed by atoms with Crippen LogP contribution in [0.3, 0.4) is 0 Å². The van der Waals surface area contributed by atoms with Crippen molar-refractivity contribution in [2.45, 2.75) is 19.0 Å². The first-order valence-electron chi connectivity index (χ1n) is 2.67. The van der Waals surface area contributed by atoms with E-state index in [0.29, 0.717) is 0 Å². The van der Waals surface area contributed by atoms with E-state index < -0.39 is 19.2 Å². The highest BCUT2D eigenvalue weighted by Gasteiger charge is 2.33. The van der Waals surface area contributed by atoms with E-state index in [1.807, 2.05) is 0 Å². The summed E-state index contributed by atoms with van der Waals surface area (Å²) in [6.45, 7) is 1.41. The summed E-state index contributed by atoms with van der Waals surface area (Å²) in [5.74, 6) is -1.45. The van der Waals surface area contributed by atoms with Crippen LogP contribution in [0, 0.1) is 0 Å². The van der Waals surface area contributed by atoms with E-state index in [1.54, 1.807) is 0 Å². The van der Waals surface area contributed by atoms with Crippen molar-refractivity contribution in [1.82, 2.24) is 0 Å². The van der Waals surface area contributed by atoms with E-state index in [2.05, 4.69) is 0 Å². The van der Waals surface area contributed by atoms with Crippen LogP contribution in [0.2, 0.25) is 0 Å². The molecule has 0 aromatic heterocycles. The van der Waals surface area contributed by atoms with Crippen molar-refractivity contribution < 1.29 is 24.3 Å². The standard InChI is InChI=1S/C4H9O5P/c1-2-3(4(5)6)10(7,8)9/h3H,2H2,1H3,(H,5,6)(H2,7,8,9). The van der Waals surface area contributed by atoms with Gasteiger partial charge in [0.1, 0.15) is 0 Å². The van der Waals surface area contributed by atoms with Gasteiger partial charge in [-0.3, -0.25) is 9.36 Å². The molecule has 0 spiro atoms. The molecule has 5 nitrogen and oxygen atoms in total. The molecule has 60 valence electrons. The first kappa shape index (κ1) is 9.62. The molecule has 0 amide bonds. The van der Waals surface area contributed by atoms with Gasteiger partial charge in [0.05, 0.1) is 0 Å². The zero-order valence-electron chi connectivity index (χ0n) is 5.39. The molecule has 6 heteroatoms. The molecule has 0 aliphatic rings. The van der Waals surface area contributed by atoms with Crippen LogP contribution >= 0.6 is 7.60 Å². The molecule has 1 unspecified atom stereocenters. The van der Waals surface area contributed by atoms with E-state index in [0.717, 1.165) is 0 Å². The maximum Gasteiger partial charge on any atom is 0.339 e.